The minimum atomic E-state index is -0.502. The molecule has 2 nitrogen and oxygen atoms in total. The second-order valence-corrected chi connectivity index (χ2v) is 3.79. The summed E-state index contributed by atoms with van der Waals surface area (Å²) in [5.74, 6) is -0.273. The molecule has 0 aliphatic carbocycles. The van der Waals surface area contributed by atoms with E-state index in [0.29, 0.717) is 19.3 Å². The number of aliphatic hydroxyl groups is 2. The van der Waals surface area contributed by atoms with Crippen molar-refractivity contribution in [2.24, 2.45) is 0 Å². The normalized spacial score (nSPS) is 12.8. The number of rotatable bonds is 5. The molecule has 3 heteroatoms. The van der Waals surface area contributed by atoms with E-state index < -0.39 is 6.10 Å². The Morgan fingerprint density at radius 2 is 2.13 bits per heavy atom. The Labute approximate surface area is 89.4 Å². The molecule has 0 fully saturated rings. The van der Waals surface area contributed by atoms with Crippen LogP contribution in [0.15, 0.2) is 18.2 Å². The van der Waals surface area contributed by atoms with Crippen LogP contribution < -0.4 is 0 Å². The lowest BCUT2D eigenvalue weighted by Gasteiger charge is -2.11. The van der Waals surface area contributed by atoms with Gasteiger partial charge in [-0.25, -0.2) is 4.39 Å². The fourth-order valence-electron chi connectivity index (χ4n) is 1.54. The van der Waals surface area contributed by atoms with E-state index >= 15 is 0 Å². The molecule has 0 aliphatic heterocycles. The number of halogens is 1. The SMILES string of the molecule is Cc1ccc(F)cc1CC(O)CCCO. The maximum Gasteiger partial charge on any atom is 0.123 e. The summed E-state index contributed by atoms with van der Waals surface area (Å²) in [7, 11) is 0. The number of hydrogen-bond acceptors (Lipinski definition) is 2. The lowest BCUT2D eigenvalue weighted by Crippen LogP contribution is -2.12. The number of benzene rings is 1. The van der Waals surface area contributed by atoms with Crippen LogP contribution in [0.25, 0.3) is 0 Å². The second-order valence-electron chi connectivity index (χ2n) is 3.79. The first-order valence-electron chi connectivity index (χ1n) is 5.17. The first-order valence-corrected chi connectivity index (χ1v) is 5.17. The van der Waals surface area contributed by atoms with Crippen molar-refractivity contribution in [1.29, 1.82) is 0 Å². The van der Waals surface area contributed by atoms with Crippen LogP contribution in [0.1, 0.15) is 24.0 Å². The van der Waals surface area contributed by atoms with E-state index in [1.54, 1.807) is 6.07 Å². The molecular formula is C12H17FO2. The Kier molecular flexibility index (Phi) is 4.72. The van der Waals surface area contributed by atoms with Crippen molar-refractivity contribution in [3.8, 4) is 0 Å². The molecule has 1 aromatic carbocycles. The van der Waals surface area contributed by atoms with E-state index in [4.69, 9.17) is 5.11 Å². The van der Waals surface area contributed by atoms with Gasteiger partial charge in [-0.1, -0.05) is 6.07 Å². The van der Waals surface area contributed by atoms with Crippen LogP contribution in [-0.2, 0) is 6.42 Å². The highest BCUT2D eigenvalue weighted by atomic mass is 19.1. The van der Waals surface area contributed by atoms with Crippen molar-refractivity contribution in [3.05, 3.63) is 35.1 Å². The lowest BCUT2D eigenvalue weighted by atomic mass is 10.00. The Morgan fingerprint density at radius 1 is 1.40 bits per heavy atom. The first kappa shape index (κ1) is 12.1. The van der Waals surface area contributed by atoms with Gasteiger partial charge in [0.2, 0.25) is 0 Å². The van der Waals surface area contributed by atoms with Gasteiger partial charge in [0.1, 0.15) is 5.82 Å². The third kappa shape index (κ3) is 3.98. The molecule has 0 aromatic heterocycles. The summed E-state index contributed by atoms with van der Waals surface area (Å²) in [5.41, 5.74) is 1.82. The minimum Gasteiger partial charge on any atom is -0.396 e. The minimum absolute atomic E-state index is 0.0825. The Bertz CT molecular complexity index is 312. The molecule has 1 unspecified atom stereocenters. The molecule has 0 bridgehead atoms. The van der Waals surface area contributed by atoms with Crippen molar-refractivity contribution in [2.75, 3.05) is 6.61 Å². The molecule has 0 aliphatic rings. The fourth-order valence-corrected chi connectivity index (χ4v) is 1.54. The van der Waals surface area contributed by atoms with Crippen LogP contribution in [0.3, 0.4) is 0 Å². The maximum absolute atomic E-state index is 12.9. The zero-order valence-electron chi connectivity index (χ0n) is 8.91. The van der Waals surface area contributed by atoms with Gasteiger partial charge in [0.15, 0.2) is 0 Å². The zero-order valence-corrected chi connectivity index (χ0v) is 8.91. The molecule has 0 saturated carbocycles. The Morgan fingerprint density at radius 3 is 2.80 bits per heavy atom. The third-order valence-electron chi connectivity index (χ3n) is 2.46. The molecule has 1 rings (SSSR count). The van der Waals surface area contributed by atoms with Gasteiger partial charge in [-0.15, -0.1) is 0 Å². The van der Waals surface area contributed by atoms with Gasteiger partial charge in [-0.05, 0) is 49.4 Å². The molecule has 0 heterocycles. The third-order valence-corrected chi connectivity index (χ3v) is 2.46. The molecule has 0 radical (unpaired) electrons. The quantitative estimate of drug-likeness (QED) is 0.781. The van der Waals surface area contributed by atoms with Crippen molar-refractivity contribution in [1.82, 2.24) is 0 Å². The van der Waals surface area contributed by atoms with Crippen molar-refractivity contribution in [2.45, 2.75) is 32.3 Å². The highest BCUT2D eigenvalue weighted by molar-refractivity contribution is 5.27. The average molecular weight is 212 g/mol. The topological polar surface area (TPSA) is 40.5 Å². The summed E-state index contributed by atoms with van der Waals surface area (Å²) in [6.07, 6.45) is 1.07. The van der Waals surface area contributed by atoms with E-state index in [1.165, 1.54) is 12.1 Å². The smallest absolute Gasteiger partial charge is 0.123 e. The van der Waals surface area contributed by atoms with Gasteiger partial charge in [-0.3, -0.25) is 0 Å². The van der Waals surface area contributed by atoms with Crippen molar-refractivity contribution in [3.63, 3.8) is 0 Å². The van der Waals surface area contributed by atoms with E-state index in [-0.39, 0.29) is 12.4 Å². The summed E-state index contributed by atoms with van der Waals surface area (Å²) >= 11 is 0. The zero-order chi connectivity index (χ0) is 11.3. The van der Waals surface area contributed by atoms with Crippen LogP contribution in [0.4, 0.5) is 4.39 Å². The molecule has 15 heavy (non-hydrogen) atoms. The maximum atomic E-state index is 12.9. The van der Waals surface area contributed by atoms with E-state index in [9.17, 15) is 9.50 Å². The van der Waals surface area contributed by atoms with Crippen LogP contribution >= 0.6 is 0 Å². The molecule has 84 valence electrons. The summed E-state index contributed by atoms with van der Waals surface area (Å²) in [6, 6.07) is 4.58. The van der Waals surface area contributed by atoms with Gasteiger partial charge in [-0.2, -0.15) is 0 Å². The van der Waals surface area contributed by atoms with E-state index in [1.807, 2.05) is 6.92 Å². The van der Waals surface area contributed by atoms with Crippen molar-refractivity contribution < 1.29 is 14.6 Å². The number of aliphatic hydroxyl groups excluding tert-OH is 2. The van der Waals surface area contributed by atoms with E-state index in [2.05, 4.69) is 0 Å². The van der Waals surface area contributed by atoms with Gasteiger partial charge >= 0.3 is 0 Å². The Balaban J connectivity index is 2.59. The second kappa shape index (κ2) is 5.83. The molecule has 1 aromatic rings. The molecule has 1 atom stereocenters. The monoisotopic (exact) mass is 212 g/mol. The first-order chi connectivity index (χ1) is 7.13. The van der Waals surface area contributed by atoms with Gasteiger partial charge in [0.05, 0.1) is 6.10 Å². The van der Waals surface area contributed by atoms with Crippen LogP contribution in [-0.4, -0.2) is 22.9 Å². The predicted molar refractivity (Wildman–Crippen MR) is 57.2 cm³/mol. The van der Waals surface area contributed by atoms with Crippen LogP contribution in [0, 0.1) is 12.7 Å². The van der Waals surface area contributed by atoms with Crippen LogP contribution in [0.5, 0.6) is 0 Å². The predicted octanol–water partition coefficient (Wildman–Crippen LogP) is 1.81. The molecular weight excluding hydrogens is 195 g/mol. The highest BCUT2D eigenvalue weighted by Crippen LogP contribution is 2.14. The average Bonchev–Trinajstić information content (AvgIpc) is 2.20. The van der Waals surface area contributed by atoms with Gasteiger partial charge in [0, 0.05) is 6.61 Å². The van der Waals surface area contributed by atoms with Gasteiger partial charge in [0.25, 0.3) is 0 Å². The molecule has 2 N–H and O–H groups in total. The molecule has 0 amide bonds. The summed E-state index contributed by atoms with van der Waals surface area (Å²) in [4.78, 5) is 0. The standard InChI is InChI=1S/C12H17FO2/c1-9-4-5-11(13)7-10(9)8-12(15)3-2-6-14/h4-5,7,12,14-15H,2-3,6,8H2,1H3. The Hall–Kier alpha value is -0.930. The fraction of sp³-hybridized carbons (Fsp3) is 0.500. The van der Waals surface area contributed by atoms with Gasteiger partial charge < -0.3 is 10.2 Å². The summed E-state index contributed by atoms with van der Waals surface area (Å²) < 4.78 is 12.9. The van der Waals surface area contributed by atoms with Crippen LogP contribution in [0.2, 0.25) is 0 Å². The summed E-state index contributed by atoms with van der Waals surface area (Å²) in [6.45, 7) is 1.98. The highest BCUT2D eigenvalue weighted by Gasteiger charge is 2.08. The summed E-state index contributed by atoms with van der Waals surface area (Å²) in [5, 5.41) is 18.2. The lowest BCUT2D eigenvalue weighted by molar-refractivity contribution is 0.149. The van der Waals surface area contributed by atoms with E-state index in [0.717, 1.165) is 11.1 Å². The molecule has 0 saturated heterocycles. The van der Waals surface area contributed by atoms with Crippen molar-refractivity contribution >= 4 is 0 Å². The molecule has 0 spiro atoms. The number of hydrogen-bond donors (Lipinski definition) is 2. The number of aryl methyl sites for hydroxylation is 1. The largest absolute Gasteiger partial charge is 0.396 e.